The van der Waals surface area contributed by atoms with Gasteiger partial charge >= 0.3 is 0 Å². The first kappa shape index (κ1) is 20.0. The lowest BCUT2D eigenvalue weighted by atomic mass is 10.2. The number of hydrogen-bond acceptors (Lipinski definition) is 4. The van der Waals surface area contributed by atoms with Crippen molar-refractivity contribution in [1.29, 1.82) is 0 Å². The zero-order chi connectivity index (χ0) is 19.3. The van der Waals surface area contributed by atoms with Gasteiger partial charge in [0.15, 0.2) is 15.8 Å². The summed E-state index contributed by atoms with van der Waals surface area (Å²) in [6, 6.07) is 6.81. The number of aryl methyl sites for hydroxylation is 2. The quantitative estimate of drug-likeness (QED) is 0.591. The van der Waals surface area contributed by atoms with Gasteiger partial charge in [-0.1, -0.05) is 12.1 Å². The van der Waals surface area contributed by atoms with E-state index < -0.39 is 9.84 Å². The highest BCUT2D eigenvalue weighted by Crippen LogP contribution is 2.12. The summed E-state index contributed by atoms with van der Waals surface area (Å²) in [5.74, 6) is 0.711. The predicted octanol–water partition coefficient (Wildman–Crippen LogP) is 1.70. The summed E-state index contributed by atoms with van der Waals surface area (Å²) >= 11 is 0. The highest BCUT2D eigenvalue weighted by molar-refractivity contribution is 7.90. The van der Waals surface area contributed by atoms with E-state index in [0.29, 0.717) is 23.9 Å². The van der Waals surface area contributed by atoms with Crippen LogP contribution < -0.4 is 10.6 Å². The number of rotatable bonds is 6. The molecule has 0 amide bonds. The second-order valence-electron chi connectivity index (χ2n) is 6.24. The van der Waals surface area contributed by atoms with Gasteiger partial charge in [0.25, 0.3) is 0 Å². The monoisotopic (exact) mass is 377 g/mol. The van der Waals surface area contributed by atoms with Gasteiger partial charge in [0.2, 0.25) is 0 Å². The van der Waals surface area contributed by atoms with Crippen LogP contribution in [0.1, 0.15) is 29.4 Å². The molecular formula is C18H27N5O2S. The molecule has 142 valence electrons. The summed E-state index contributed by atoms with van der Waals surface area (Å²) in [6.45, 7) is 7.92. The zero-order valence-corrected chi connectivity index (χ0v) is 16.8. The molecule has 0 saturated carbocycles. The van der Waals surface area contributed by atoms with E-state index in [0.717, 1.165) is 29.1 Å². The number of aromatic nitrogens is 2. The molecule has 2 rings (SSSR count). The molecule has 2 aromatic rings. The number of aliphatic imine (C=N–C) groups is 1. The van der Waals surface area contributed by atoms with Crippen LogP contribution in [0.25, 0.3) is 0 Å². The van der Waals surface area contributed by atoms with Gasteiger partial charge in [-0.15, -0.1) is 0 Å². The van der Waals surface area contributed by atoms with Crippen LogP contribution in [0.2, 0.25) is 0 Å². The number of hydrogen-bond donors (Lipinski definition) is 2. The van der Waals surface area contributed by atoms with Gasteiger partial charge in [0.1, 0.15) is 0 Å². The summed E-state index contributed by atoms with van der Waals surface area (Å²) in [4.78, 5) is 4.89. The van der Waals surface area contributed by atoms with E-state index in [4.69, 9.17) is 0 Å². The molecule has 0 spiro atoms. The van der Waals surface area contributed by atoms with Gasteiger partial charge in [-0.3, -0.25) is 4.68 Å². The fraction of sp³-hybridized carbons (Fsp3) is 0.444. The van der Waals surface area contributed by atoms with Crippen molar-refractivity contribution in [2.24, 2.45) is 12.0 Å². The van der Waals surface area contributed by atoms with Crippen LogP contribution in [0.4, 0.5) is 0 Å². The molecule has 7 nitrogen and oxygen atoms in total. The Bertz CT molecular complexity index is 883. The molecule has 0 fully saturated rings. The van der Waals surface area contributed by atoms with Crippen molar-refractivity contribution >= 4 is 15.8 Å². The third-order valence-electron chi connectivity index (χ3n) is 4.21. The normalized spacial score (nSPS) is 12.3. The van der Waals surface area contributed by atoms with Crippen molar-refractivity contribution in [3.05, 3.63) is 46.8 Å². The molecule has 0 aliphatic carbocycles. The molecule has 0 aliphatic rings. The minimum Gasteiger partial charge on any atom is -0.357 e. The summed E-state index contributed by atoms with van der Waals surface area (Å²) in [6.07, 6.45) is 1.20. The number of sulfone groups is 1. The molecule has 2 N–H and O–H groups in total. The molecule has 0 saturated heterocycles. The van der Waals surface area contributed by atoms with Crippen LogP contribution in [0.5, 0.6) is 0 Å². The van der Waals surface area contributed by atoms with Crippen molar-refractivity contribution < 1.29 is 8.42 Å². The van der Waals surface area contributed by atoms with E-state index in [2.05, 4.69) is 20.7 Å². The van der Waals surface area contributed by atoms with Crippen LogP contribution in [0.3, 0.4) is 0 Å². The molecule has 1 aromatic heterocycles. The highest BCUT2D eigenvalue weighted by atomic mass is 32.2. The summed E-state index contributed by atoms with van der Waals surface area (Å²) in [5.41, 5.74) is 4.24. The van der Waals surface area contributed by atoms with Crippen molar-refractivity contribution in [3.63, 3.8) is 0 Å². The average Bonchev–Trinajstić information content (AvgIpc) is 2.82. The first-order chi connectivity index (χ1) is 12.2. The number of benzene rings is 1. The van der Waals surface area contributed by atoms with Gasteiger partial charge < -0.3 is 10.6 Å². The molecule has 0 bridgehead atoms. The minimum atomic E-state index is -3.17. The van der Waals surface area contributed by atoms with Crippen molar-refractivity contribution in [1.82, 2.24) is 20.4 Å². The smallest absolute Gasteiger partial charge is 0.191 e. The fourth-order valence-corrected chi connectivity index (χ4v) is 3.23. The zero-order valence-electron chi connectivity index (χ0n) is 16.0. The molecule has 0 aliphatic heterocycles. The van der Waals surface area contributed by atoms with E-state index in [1.165, 1.54) is 6.26 Å². The maximum atomic E-state index is 11.5. The highest BCUT2D eigenvalue weighted by Gasteiger charge is 2.10. The van der Waals surface area contributed by atoms with Crippen LogP contribution in [-0.4, -0.2) is 37.0 Å². The van der Waals surface area contributed by atoms with E-state index in [1.807, 2.05) is 32.5 Å². The predicted molar refractivity (Wildman–Crippen MR) is 104 cm³/mol. The molecular weight excluding hydrogens is 350 g/mol. The molecule has 1 heterocycles. The van der Waals surface area contributed by atoms with Gasteiger partial charge in [-0.2, -0.15) is 5.10 Å². The summed E-state index contributed by atoms with van der Waals surface area (Å²) < 4.78 is 24.9. The van der Waals surface area contributed by atoms with E-state index >= 15 is 0 Å². The third kappa shape index (κ3) is 5.08. The topological polar surface area (TPSA) is 88.4 Å². The largest absolute Gasteiger partial charge is 0.357 e. The van der Waals surface area contributed by atoms with Crippen LogP contribution in [-0.2, 0) is 30.0 Å². The number of nitrogens with one attached hydrogen (secondary N) is 2. The second kappa shape index (κ2) is 8.35. The van der Waals surface area contributed by atoms with Crippen LogP contribution in [0.15, 0.2) is 34.2 Å². The Balaban J connectivity index is 2.06. The van der Waals surface area contributed by atoms with Crippen LogP contribution >= 0.6 is 0 Å². The second-order valence-corrected chi connectivity index (χ2v) is 8.25. The first-order valence-electron chi connectivity index (χ1n) is 8.52. The van der Waals surface area contributed by atoms with E-state index in [9.17, 15) is 8.42 Å². The summed E-state index contributed by atoms with van der Waals surface area (Å²) in [5, 5.41) is 11.0. The van der Waals surface area contributed by atoms with E-state index in [-0.39, 0.29) is 0 Å². The molecule has 0 atom stereocenters. The lowest BCUT2D eigenvalue weighted by Gasteiger charge is -2.12. The Hall–Kier alpha value is -2.35. The first-order valence-corrected chi connectivity index (χ1v) is 10.4. The van der Waals surface area contributed by atoms with Gasteiger partial charge in [0, 0.05) is 37.7 Å². The number of guanidine groups is 1. The Morgan fingerprint density at radius 2 is 1.85 bits per heavy atom. The van der Waals surface area contributed by atoms with Gasteiger partial charge in [0.05, 0.1) is 17.1 Å². The third-order valence-corrected chi connectivity index (χ3v) is 5.34. The minimum absolute atomic E-state index is 0.317. The lowest BCUT2D eigenvalue weighted by Crippen LogP contribution is -2.37. The SMILES string of the molecule is CCNC(=NCc1ccc(S(C)(=O)=O)cc1)NCc1c(C)nn(C)c1C. The van der Waals surface area contributed by atoms with Gasteiger partial charge in [-0.25, -0.2) is 13.4 Å². The molecule has 0 unspecified atom stereocenters. The standard InChI is InChI=1S/C18H27N5O2S/c1-6-19-18(21-12-17-13(2)22-23(4)14(17)3)20-11-15-7-9-16(10-8-15)26(5,24)25/h7-10H,6,11-12H2,1-5H3,(H2,19,20,21). The van der Waals surface area contributed by atoms with Crippen LogP contribution in [0, 0.1) is 13.8 Å². The Morgan fingerprint density at radius 3 is 2.35 bits per heavy atom. The van der Waals surface area contributed by atoms with Crippen molar-refractivity contribution in [3.8, 4) is 0 Å². The fourth-order valence-electron chi connectivity index (χ4n) is 2.60. The molecule has 26 heavy (non-hydrogen) atoms. The Kier molecular flexibility index (Phi) is 6.42. The van der Waals surface area contributed by atoms with E-state index in [1.54, 1.807) is 24.3 Å². The average molecular weight is 378 g/mol. The van der Waals surface area contributed by atoms with Gasteiger partial charge in [-0.05, 0) is 38.5 Å². The maximum Gasteiger partial charge on any atom is 0.191 e. The molecule has 8 heteroatoms. The number of nitrogens with zero attached hydrogens (tertiary/aromatic N) is 3. The molecule has 0 radical (unpaired) electrons. The maximum absolute atomic E-state index is 11.5. The van der Waals surface area contributed by atoms with Crippen molar-refractivity contribution in [2.45, 2.75) is 38.8 Å². The lowest BCUT2D eigenvalue weighted by molar-refractivity contribution is 0.602. The Labute approximate surface area is 155 Å². The summed E-state index contributed by atoms with van der Waals surface area (Å²) in [7, 11) is -1.24. The van der Waals surface area contributed by atoms with Crippen molar-refractivity contribution in [2.75, 3.05) is 12.8 Å². The molecule has 1 aromatic carbocycles. The Morgan fingerprint density at radius 1 is 1.19 bits per heavy atom.